The lowest BCUT2D eigenvalue weighted by atomic mass is 10.1. The standard InChI is InChI=1S/C15H21N5O2/c16-15(22)20-7-1-2-13(20)14(21)19-10-8-18(9-11-19)12-3-5-17-6-4-12/h3-6,13H,1-2,7-11H2,(H2,16,22)/t13-/m0/s1. The van der Waals surface area contributed by atoms with E-state index >= 15 is 0 Å². The minimum absolute atomic E-state index is 0.0330. The van der Waals surface area contributed by atoms with Crippen molar-refractivity contribution in [2.24, 2.45) is 5.73 Å². The van der Waals surface area contributed by atoms with E-state index in [-0.39, 0.29) is 11.9 Å². The maximum Gasteiger partial charge on any atom is 0.315 e. The van der Waals surface area contributed by atoms with E-state index in [1.807, 2.05) is 17.0 Å². The quantitative estimate of drug-likeness (QED) is 0.850. The topological polar surface area (TPSA) is 82.8 Å². The molecule has 2 aliphatic rings. The number of aromatic nitrogens is 1. The van der Waals surface area contributed by atoms with Gasteiger partial charge < -0.3 is 20.4 Å². The normalized spacial score (nSPS) is 22.0. The molecule has 0 aromatic carbocycles. The molecular weight excluding hydrogens is 282 g/mol. The van der Waals surface area contributed by atoms with Gasteiger partial charge in [0.05, 0.1) is 0 Å². The molecule has 0 spiro atoms. The molecule has 0 radical (unpaired) electrons. The summed E-state index contributed by atoms with van der Waals surface area (Å²) < 4.78 is 0. The van der Waals surface area contributed by atoms with Crippen LogP contribution < -0.4 is 10.6 Å². The first-order valence-electron chi connectivity index (χ1n) is 7.66. The number of piperazine rings is 1. The number of nitrogens with zero attached hydrogens (tertiary/aromatic N) is 4. The summed E-state index contributed by atoms with van der Waals surface area (Å²) in [6, 6.07) is 3.09. The first-order valence-corrected chi connectivity index (χ1v) is 7.66. The van der Waals surface area contributed by atoms with Gasteiger partial charge in [0.15, 0.2) is 0 Å². The number of rotatable bonds is 2. The summed E-state index contributed by atoms with van der Waals surface area (Å²) in [5.74, 6) is 0.0330. The van der Waals surface area contributed by atoms with Gasteiger partial charge >= 0.3 is 6.03 Å². The van der Waals surface area contributed by atoms with Gasteiger partial charge in [-0.05, 0) is 25.0 Å². The molecule has 2 saturated heterocycles. The van der Waals surface area contributed by atoms with Gasteiger partial charge in [0, 0.05) is 50.8 Å². The number of carbonyl (C=O) groups excluding carboxylic acids is 2. The SMILES string of the molecule is NC(=O)N1CCC[C@H]1C(=O)N1CCN(c2ccncc2)CC1. The Bertz CT molecular complexity index is 542. The summed E-state index contributed by atoms with van der Waals surface area (Å²) in [7, 11) is 0. The van der Waals surface area contributed by atoms with Gasteiger partial charge in [-0.1, -0.05) is 0 Å². The fourth-order valence-corrected chi connectivity index (χ4v) is 3.24. The maximum atomic E-state index is 12.6. The van der Waals surface area contributed by atoms with Gasteiger partial charge in [0.2, 0.25) is 5.91 Å². The molecule has 2 N–H and O–H groups in total. The van der Waals surface area contributed by atoms with Gasteiger partial charge in [0.25, 0.3) is 0 Å². The van der Waals surface area contributed by atoms with Gasteiger partial charge in [-0.25, -0.2) is 4.79 Å². The highest BCUT2D eigenvalue weighted by atomic mass is 16.2. The molecule has 3 rings (SSSR count). The number of hydrogen-bond donors (Lipinski definition) is 1. The Kier molecular flexibility index (Phi) is 4.13. The number of urea groups is 1. The van der Waals surface area contributed by atoms with E-state index in [0.717, 1.165) is 25.2 Å². The molecule has 1 aromatic heterocycles. The number of nitrogens with two attached hydrogens (primary N) is 1. The largest absolute Gasteiger partial charge is 0.368 e. The molecule has 0 bridgehead atoms. The molecule has 0 aliphatic carbocycles. The van der Waals surface area contributed by atoms with Crippen molar-refractivity contribution in [3.63, 3.8) is 0 Å². The molecule has 22 heavy (non-hydrogen) atoms. The molecule has 2 fully saturated rings. The zero-order chi connectivity index (χ0) is 15.5. The summed E-state index contributed by atoms with van der Waals surface area (Å²) in [5.41, 5.74) is 6.48. The van der Waals surface area contributed by atoms with Crippen LogP contribution in [0.2, 0.25) is 0 Å². The number of primary amides is 1. The second-order valence-corrected chi connectivity index (χ2v) is 5.71. The van der Waals surface area contributed by atoms with Crippen LogP contribution in [-0.4, -0.2) is 65.5 Å². The lowest BCUT2D eigenvalue weighted by Crippen LogP contribution is -2.55. The highest BCUT2D eigenvalue weighted by Gasteiger charge is 2.36. The Balaban J connectivity index is 1.59. The molecule has 0 unspecified atom stereocenters. The maximum absolute atomic E-state index is 12.6. The van der Waals surface area contributed by atoms with Gasteiger partial charge in [-0.15, -0.1) is 0 Å². The minimum Gasteiger partial charge on any atom is -0.368 e. The van der Waals surface area contributed by atoms with Crippen LogP contribution in [0.25, 0.3) is 0 Å². The molecule has 1 aromatic rings. The molecule has 7 nitrogen and oxygen atoms in total. The smallest absolute Gasteiger partial charge is 0.315 e. The molecule has 7 heteroatoms. The van der Waals surface area contributed by atoms with E-state index in [1.54, 1.807) is 12.4 Å². The van der Waals surface area contributed by atoms with E-state index in [0.29, 0.717) is 26.1 Å². The minimum atomic E-state index is -0.494. The molecule has 0 saturated carbocycles. The van der Waals surface area contributed by atoms with Gasteiger partial charge in [-0.3, -0.25) is 9.78 Å². The summed E-state index contributed by atoms with van der Waals surface area (Å²) in [6.45, 7) is 3.51. The van der Waals surface area contributed by atoms with Crippen molar-refractivity contribution in [1.29, 1.82) is 0 Å². The number of anilines is 1. The first-order chi connectivity index (χ1) is 10.7. The Labute approximate surface area is 129 Å². The summed E-state index contributed by atoms with van der Waals surface area (Å²) in [6.07, 6.45) is 5.11. The third kappa shape index (κ3) is 2.84. The third-order valence-electron chi connectivity index (χ3n) is 4.44. The van der Waals surface area contributed by atoms with Crippen molar-refractivity contribution in [2.75, 3.05) is 37.6 Å². The molecule has 3 heterocycles. The van der Waals surface area contributed by atoms with Crippen molar-refractivity contribution in [3.8, 4) is 0 Å². The molecule has 3 amide bonds. The van der Waals surface area contributed by atoms with Crippen LogP contribution in [0.3, 0.4) is 0 Å². The van der Waals surface area contributed by atoms with E-state index in [9.17, 15) is 9.59 Å². The zero-order valence-corrected chi connectivity index (χ0v) is 12.5. The lowest BCUT2D eigenvalue weighted by molar-refractivity contribution is -0.135. The van der Waals surface area contributed by atoms with Crippen molar-refractivity contribution in [1.82, 2.24) is 14.8 Å². The Morgan fingerprint density at radius 2 is 1.77 bits per heavy atom. The van der Waals surface area contributed by atoms with Crippen LogP contribution in [0, 0.1) is 0 Å². The molecule has 118 valence electrons. The van der Waals surface area contributed by atoms with Gasteiger partial charge in [-0.2, -0.15) is 0 Å². The van der Waals surface area contributed by atoms with Crippen LogP contribution in [0.4, 0.5) is 10.5 Å². The second kappa shape index (κ2) is 6.21. The number of carbonyl (C=O) groups is 2. The molecule has 1 atom stereocenters. The van der Waals surface area contributed by atoms with Crippen molar-refractivity contribution >= 4 is 17.6 Å². The third-order valence-corrected chi connectivity index (χ3v) is 4.44. The van der Waals surface area contributed by atoms with Crippen LogP contribution in [0.15, 0.2) is 24.5 Å². The lowest BCUT2D eigenvalue weighted by Gasteiger charge is -2.38. The fourth-order valence-electron chi connectivity index (χ4n) is 3.24. The predicted molar refractivity (Wildman–Crippen MR) is 82.3 cm³/mol. The van der Waals surface area contributed by atoms with Crippen LogP contribution in [-0.2, 0) is 4.79 Å². The molecule has 2 aliphatic heterocycles. The predicted octanol–water partition coefficient (Wildman–Crippen LogP) is 0.273. The first kappa shape index (κ1) is 14.6. The van der Waals surface area contributed by atoms with Crippen molar-refractivity contribution in [2.45, 2.75) is 18.9 Å². The number of pyridine rings is 1. The van der Waals surface area contributed by atoms with E-state index in [1.165, 1.54) is 4.90 Å². The monoisotopic (exact) mass is 303 g/mol. The van der Waals surface area contributed by atoms with E-state index in [2.05, 4.69) is 9.88 Å². The van der Waals surface area contributed by atoms with Crippen molar-refractivity contribution < 1.29 is 9.59 Å². The van der Waals surface area contributed by atoms with Gasteiger partial charge in [0.1, 0.15) is 6.04 Å². The summed E-state index contributed by atoms with van der Waals surface area (Å²) in [5, 5.41) is 0. The van der Waals surface area contributed by atoms with Crippen molar-refractivity contribution in [3.05, 3.63) is 24.5 Å². The average Bonchev–Trinajstić information content (AvgIpc) is 3.05. The Hall–Kier alpha value is -2.31. The average molecular weight is 303 g/mol. The molecular formula is C15H21N5O2. The number of hydrogen-bond acceptors (Lipinski definition) is 4. The van der Waals surface area contributed by atoms with E-state index in [4.69, 9.17) is 5.73 Å². The Morgan fingerprint density at radius 3 is 2.41 bits per heavy atom. The summed E-state index contributed by atoms with van der Waals surface area (Å²) in [4.78, 5) is 33.6. The number of amides is 3. The highest BCUT2D eigenvalue weighted by Crippen LogP contribution is 2.21. The van der Waals surface area contributed by atoms with Crippen LogP contribution in [0.1, 0.15) is 12.8 Å². The second-order valence-electron chi connectivity index (χ2n) is 5.71. The summed E-state index contributed by atoms with van der Waals surface area (Å²) >= 11 is 0. The highest BCUT2D eigenvalue weighted by molar-refractivity contribution is 5.87. The number of likely N-dealkylation sites (tertiary alicyclic amines) is 1. The van der Waals surface area contributed by atoms with Crippen LogP contribution in [0.5, 0.6) is 0 Å². The zero-order valence-electron chi connectivity index (χ0n) is 12.5. The fraction of sp³-hybridized carbons (Fsp3) is 0.533. The van der Waals surface area contributed by atoms with Crippen LogP contribution >= 0.6 is 0 Å². The Morgan fingerprint density at radius 1 is 1.09 bits per heavy atom. The van der Waals surface area contributed by atoms with E-state index < -0.39 is 6.03 Å².